The van der Waals surface area contributed by atoms with E-state index in [0.717, 1.165) is 19.4 Å². The highest BCUT2D eigenvalue weighted by molar-refractivity contribution is 6.17. The van der Waals surface area contributed by atoms with Crippen molar-refractivity contribution in [3.8, 4) is 0 Å². The van der Waals surface area contributed by atoms with E-state index in [1.807, 2.05) is 4.90 Å². The number of alkyl halides is 1. The van der Waals surface area contributed by atoms with E-state index in [1.165, 1.54) is 0 Å². The fraction of sp³-hybridized carbons (Fsp3) is 0.909. The molecule has 0 aromatic rings. The zero-order valence-corrected chi connectivity index (χ0v) is 10.1. The van der Waals surface area contributed by atoms with Crippen molar-refractivity contribution in [3.63, 3.8) is 0 Å². The minimum atomic E-state index is 0.272. The molecule has 1 fully saturated rings. The Morgan fingerprint density at radius 1 is 1.47 bits per heavy atom. The van der Waals surface area contributed by atoms with Gasteiger partial charge >= 0.3 is 0 Å². The average Bonchev–Trinajstić information content (AvgIpc) is 2.38. The van der Waals surface area contributed by atoms with Crippen LogP contribution in [0.15, 0.2) is 0 Å². The van der Waals surface area contributed by atoms with Crippen LogP contribution in [0.5, 0.6) is 0 Å². The molecule has 15 heavy (non-hydrogen) atoms. The quantitative estimate of drug-likeness (QED) is 0.536. The van der Waals surface area contributed by atoms with Crippen molar-refractivity contribution in [1.29, 1.82) is 0 Å². The highest BCUT2D eigenvalue weighted by Gasteiger charge is 2.19. The monoisotopic (exact) mass is 233 g/mol. The summed E-state index contributed by atoms with van der Waals surface area (Å²) in [7, 11) is 0. The number of nitrogens with zero attached hydrogens (tertiary/aromatic N) is 1. The molecule has 4 heteroatoms. The zero-order chi connectivity index (χ0) is 11.1. The lowest BCUT2D eigenvalue weighted by molar-refractivity contribution is -0.131. The highest BCUT2D eigenvalue weighted by atomic mass is 35.5. The van der Waals surface area contributed by atoms with Crippen LogP contribution >= 0.6 is 11.6 Å². The van der Waals surface area contributed by atoms with Crippen LogP contribution in [0.1, 0.15) is 26.2 Å². The second-order valence-electron chi connectivity index (χ2n) is 4.11. The smallest absolute Gasteiger partial charge is 0.222 e. The Balaban J connectivity index is 2.23. The van der Waals surface area contributed by atoms with Crippen LogP contribution in [0.25, 0.3) is 0 Å². The van der Waals surface area contributed by atoms with Gasteiger partial charge in [-0.2, -0.15) is 0 Å². The number of rotatable bonds is 5. The molecule has 0 radical (unpaired) electrons. The molecule has 0 aliphatic carbocycles. The third-order valence-corrected chi connectivity index (χ3v) is 2.98. The molecule has 3 nitrogen and oxygen atoms in total. The van der Waals surface area contributed by atoms with Gasteiger partial charge in [0.1, 0.15) is 0 Å². The molecule has 1 atom stereocenters. The Bertz CT molecular complexity index is 199. The van der Waals surface area contributed by atoms with Crippen molar-refractivity contribution in [1.82, 2.24) is 4.90 Å². The fourth-order valence-corrected chi connectivity index (χ4v) is 1.85. The number of carbonyl (C=O) groups is 1. The summed E-state index contributed by atoms with van der Waals surface area (Å²) in [6.07, 6.45) is 2.83. The first-order chi connectivity index (χ1) is 7.24. The van der Waals surface area contributed by atoms with Gasteiger partial charge in [0.05, 0.1) is 13.2 Å². The summed E-state index contributed by atoms with van der Waals surface area (Å²) < 4.78 is 5.28. The minimum absolute atomic E-state index is 0.272. The third kappa shape index (κ3) is 4.85. The van der Waals surface area contributed by atoms with Gasteiger partial charge in [-0.25, -0.2) is 0 Å². The van der Waals surface area contributed by atoms with Gasteiger partial charge < -0.3 is 9.64 Å². The number of hydrogen-bond acceptors (Lipinski definition) is 2. The van der Waals surface area contributed by atoms with Crippen LogP contribution < -0.4 is 0 Å². The molecular formula is C11H20ClNO2. The number of likely N-dealkylation sites (tertiary alicyclic amines) is 1. The Kier molecular flexibility index (Phi) is 6.03. The molecular weight excluding hydrogens is 214 g/mol. The lowest BCUT2D eigenvalue weighted by Gasteiger charge is -2.20. The van der Waals surface area contributed by atoms with E-state index in [0.29, 0.717) is 38.0 Å². The molecule has 0 aromatic heterocycles. The maximum atomic E-state index is 11.7. The molecule has 1 aliphatic rings. The zero-order valence-electron chi connectivity index (χ0n) is 9.38. The maximum Gasteiger partial charge on any atom is 0.222 e. The maximum absolute atomic E-state index is 11.7. The first-order valence-corrected chi connectivity index (χ1v) is 6.19. The Hall–Kier alpha value is -0.280. The molecule has 0 bridgehead atoms. The van der Waals surface area contributed by atoms with Crippen LogP contribution in [0.4, 0.5) is 0 Å². The van der Waals surface area contributed by atoms with Gasteiger partial charge in [-0.05, 0) is 18.8 Å². The second-order valence-corrected chi connectivity index (χ2v) is 4.49. The summed E-state index contributed by atoms with van der Waals surface area (Å²) in [5.41, 5.74) is 0. The summed E-state index contributed by atoms with van der Waals surface area (Å²) in [5.74, 6) is 1.46. The molecule has 1 aliphatic heterocycles. The van der Waals surface area contributed by atoms with Crippen LogP contribution in [-0.2, 0) is 9.53 Å². The number of carbonyl (C=O) groups excluding carboxylic acids is 1. The van der Waals surface area contributed by atoms with Crippen molar-refractivity contribution in [2.75, 3.05) is 32.2 Å². The van der Waals surface area contributed by atoms with Gasteiger partial charge in [-0.15, -0.1) is 11.6 Å². The summed E-state index contributed by atoms with van der Waals surface area (Å²) in [6.45, 7) is 4.97. The van der Waals surface area contributed by atoms with Gasteiger partial charge in [0.2, 0.25) is 5.91 Å². The Labute approximate surface area is 96.7 Å². The average molecular weight is 234 g/mol. The predicted molar refractivity (Wildman–Crippen MR) is 61.1 cm³/mol. The largest absolute Gasteiger partial charge is 0.378 e. The molecule has 0 N–H and O–H groups in total. The van der Waals surface area contributed by atoms with Crippen LogP contribution in [0.3, 0.4) is 0 Å². The standard InChI is InChI=1S/C11H20ClNO2/c1-10-2-3-11(14)13(6-4-10)7-9-15-8-5-12/h10H,2-9H2,1H3. The Morgan fingerprint density at radius 2 is 2.27 bits per heavy atom. The Morgan fingerprint density at radius 3 is 3.00 bits per heavy atom. The summed E-state index contributed by atoms with van der Waals surface area (Å²) in [6, 6.07) is 0. The van der Waals surface area contributed by atoms with Gasteiger partial charge in [0.15, 0.2) is 0 Å². The van der Waals surface area contributed by atoms with E-state index in [-0.39, 0.29) is 5.91 Å². The normalized spacial score (nSPS) is 22.9. The first-order valence-electron chi connectivity index (χ1n) is 5.65. The van der Waals surface area contributed by atoms with Gasteiger partial charge in [0, 0.05) is 25.4 Å². The molecule has 0 aromatic carbocycles. The highest BCUT2D eigenvalue weighted by Crippen LogP contribution is 2.17. The number of hydrogen-bond donors (Lipinski definition) is 0. The molecule has 1 amide bonds. The van der Waals surface area contributed by atoms with Gasteiger partial charge in [-0.1, -0.05) is 6.92 Å². The number of amides is 1. The second kappa shape index (κ2) is 7.07. The van der Waals surface area contributed by atoms with Crippen molar-refractivity contribution >= 4 is 17.5 Å². The predicted octanol–water partition coefficient (Wildman–Crippen LogP) is 1.89. The van der Waals surface area contributed by atoms with E-state index in [9.17, 15) is 4.79 Å². The molecule has 0 saturated carbocycles. The van der Waals surface area contributed by atoms with Gasteiger partial charge in [-0.3, -0.25) is 4.79 Å². The number of ether oxygens (including phenoxy) is 1. The molecule has 1 unspecified atom stereocenters. The minimum Gasteiger partial charge on any atom is -0.378 e. The van der Waals surface area contributed by atoms with Crippen molar-refractivity contribution in [3.05, 3.63) is 0 Å². The van der Waals surface area contributed by atoms with Crippen molar-refractivity contribution in [2.45, 2.75) is 26.2 Å². The molecule has 1 heterocycles. The molecule has 1 saturated heterocycles. The van der Waals surface area contributed by atoms with Crippen LogP contribution in [0, 0.1) is 5.92 Å². The van der Waals surface area contributed by atoms with Crippen molar-refractivity contribution < 1.29 is 9.53 Å². The van der Waals surface area contributed by atoms with Crippen LogP contribution in [0.2, 0.25) is 0 Å². The molecule has 88 valence electrons. The third-order valence-electron chi connectivity index (χ3n) is 2.82. The van der Waals surface area contributed by atoms with E-state index < -0.39 is 0 Å². The fourth-order valence-electron chi connectivity index (χ4n) is 1.74. The summed E-state index contributed by atoms with van der Waals surface area (Å²) in [4.78, 5) is 13.6. The van der Waals surface area contributed by atoms with E-state index in [4.69, 9.17) is 16.3 Å². The number of halogens is 1. The van der Waals surface area contributed by atoms with Crippen molar-refractivity contribution in [2.24, 2.45) is 5.92 Å². The SMILES string of the molecule is CC1CCC(=O)N(CCOCCCl)CC1. The topological polar surface area (TPSA) is 29.5 Å². The summed E-state index contributed by atoms with van der Waals surface area (Å²) in [5, 5.41) is 0. The summed E-state index contributed by atoms with van der Waals surface area (Å²) >= 11 is 5.49. The van der Waals surface area contributed by atoms with E-state index in [2.05, 4.69) is 6.92 Å². The first kappa shape index (κ1) is 12.8. The van der Waals surface area contributed by atoms with E-state index >= 15 is 0 Å². The van der Waals surface area contributed by atoms with Gasteiger partial charge in [0.25, 0.3) is 0 Å². The lowest BCUT2D eigenvalue weighted by Crippen LogP contribution is -2.33. The van der Waals surface area contributed by atoms with Crippen LogP contribution in [-0.4, -0.2) is 43.0 Å². The molecule has 1 rings (SSSR count). The van der Waals surface area contributed by atoms with E-state index in [1.54, 1.807) is 0 Å². The lowest BCUT2D eigenvalue weighted by atomic mass is 10.0. The molecule has 0 spiro atoms.